The highest BCUT2D eigenvalue weighted by Crippen LogP contribution is 2.13. The summed E-state index contributed by atoms with van der Waals surface area (Å²) in [5, 5.41) is 0. The number of rotatable bonds is 7. The molecule has 0 N–H and O–H groups in total. The Hall–Kier alpha value is -1.64. The van der Waals surface area contributed by atoms with Crippen LogP contribution in [0.1, 0.15) is 54.1 Å². The molecule has 1 aromatic rings. The van der Waals surface area contributed by atoms with Gasteiger partial charge in [-0.15, -0.1) is 0 Å². The fraction of sp³-hybridized carbons (Fsp3) is 0.500. The van der Waals surface area contributed by atoms with Crippen LogP contribution in [0.3, 0.4) is 0 Å². The first-order chi connectivity index (χ1) is 9.04. The van der Waals surface area contributed by atoms with Crippen molar-refractivity contribution in [2.75, 3.05) is 6.61 Å². The van der Waals surface area contributed by atoms with Gasteiger partial charge in [-0.25, -0.2) is 0 Å². The van der Waals surface area contributed by atoms with Crippen molar-refractivity contribution in [1.29, 1.82) is 0 Å². The summed E-state index contributed by atoms with van der Waals surface area (Å²) < 4.78 is 5.03. The van der Waals surface area contributed by atoms with E-state index in [0.717, 1.165) is 24.0 Å². The van der Waals surface area contributed by atoms with Crippen LogP contribution in [0, 0.1) is 13.8 Å². The van der Waals surface area contributed by atoms with Crippen molar-refractivity contribution in [2.45, 2.75) is 46.5 Å². The van der Waals surface area contributed by atoms with Gasteiger partial charge in [0.05, 0.1) is 13.0 Å². The van der Waals surface area contributed by atoms with Gasteiger partial charge in [0.15, 0.2) is 5.78 Å². The third kappa shape index (κ3) is 5.25. The maximum absolute atomic E-state index is 12.0. The molecule has 0 radical (unpaired) electrons. The summed E-state index contributed by atoms with van der Waals surface area (Å²) in [4.78, 5) is 23.4. The smallest absolute Gasteiger partial charge is 0.306 e. The summed E-state index contributed by atoms with van der Waals surface area (Å²) >= 11 is 0. The second-order valence-electron chi connectivity index (χ2n) is 4.82. The summed E-state index contributed by atoms with van der Waals surface area (Å²) in [6.07, 6.45) is 2.25. The molecule has 0 aliphatic heterocycles. The predicted molar refractivity (Wildman–Crippen MR) is 75.3 cm³/mol. The molecule has 0 bridgehead atoms. The summed E-state index contributed by atoms with van der Waals surface area (Å²) in [6.45, 7) is 6.40. The number of ether oxygens (including phenoxy) is 1. The van der Waals surface area contributed by atoms with Crippen LogP contribution in [-0.4, -0.2) is 18.4 Å². The third-order valence-corrected chi connectivity index (χ3v) is 3.00. The number of carbonyl (C=O) groups is 2. The average molecular weight is 262 g/mol. The lowest BCUT2D eigenvalue weighted by molar-refractivity contribution is -0.143. The average Bonchev–Trinajstić information content (AvgIpc) is 2.36. The molecule has 0 saturated carbocycles. The first kappa shape index (κ1) is 15.4. The Morgan fingerprint density at radius 2 is 1.89 bits per heavy atom. The van der Waals surface area contributed by atoms with E-state index in [1.165, 1.54) is 0 Å². The van der Waals surface area contributed by atoms with E-state index in [1.807, 2.05) is 39.0 Å². The van der Waals surface area contributed by atoms with Gasteiger partial charge in [-0.05, 0) is 25.8 Å². The number of benzene rings is 1. The molecule has 0 aliphatic rings. The van der Waals surface area contributed by atoms with Gasteiger partial charge in [-0.2, -0.15) is 0 Å². The molecule has 1 aromatic carbocycles. The van der Waals surface area contributed by atoms with Crippen molar-refractivity contribution in [2.24, 2.45) is 0 Å². The molecule has 3 nitrogen and oxygen atoms in total. The Labute approximate surface area is 115 Å². The minimum absolute atomic E-state index is 0.00458. The number of unbranched alkanes of at least 4 members (excludes halogenated alkanes) is 1. The van der Waals surface area contributed by atoms with E-state index in [-0.39, 0.29) is 24.6 Å². The van der Waals surface area contributed by atoms with Gasteiger partial charge in [-0.3, -0.25) is 9.59 Å². The molecule has 0 saturated heterocycles. The number of carbonyl (C=O) groups excluding carboxylic acids is 2. The van der Waals surface area contributed by atoms with E-state index in [9.17, 15) is 9.59 Å². The molecule has 0 fully saturated rings. The van der Waals surface area contributed by atoms with Crippen LogP contribution in [0.2, 0.25) is 0 Å². The number of hydrogen-bond acceptors (Lipinski definition) is 3. The van der Waals surface area contributed by atoms with Gasteiger partial charge in [0.25, 0.3) is 0 Å². The maximum Gasteiger partial charge on any atom is 0.306 e. The quantitative estimate of drug-likeness (QED) is 0.428. The standard InChI is InChI=1S/C16H22O3/c1-4-5-10-19-16(18)9-8-15(17)14-7-6-12(2)11-13(14)3/h6-7,11H,4-5,8-10H2,1-3H3. The Morgan fingerprint density at radius 1 is 1.16 bits per heavy atom. The number of aryl methyl sites for hydroxylation is 2. The summed E-state index contributed by atoms with van der Waals surface area (Å²) in [6, 6.07) is 5.72. The molecule has 0 atom stereocenters. The molecule has 3 heteroatoms. The number of hydrogen-bond donors (Lipinski definition) is 0. The lowest BCUT2D eigenvalue weighted by Gasteiger charge is -2.06. The summed E-state index contributed by atoms with van der Waals surface area (Å²) in [5.41, 5.74) is 2.80. The predicted octanol–water partition coefficient (Wildman–Crippen LogP) is 3.61. The highest BCUT2D eigenvalue weighted by molar-refractivity contribution is 5.98. The largest absolute Gasteiger partial charge is 0.466 e. The van der Waals surface area contributed by atoms with Gasteiger partial charge >= 0.3 is 5.97 Å². The SMILES string of the molecule is CCCCOC(=O)CCC(=O)c1ccc(C)cc1C. The first-order valence-electron chi connectivity index (χ1n) is 6.80. The Bertz CT molecular complexity index is 449. The molecule has 19 heavy (non-hydrogen) atoms. The van der Waals surface area contributed by atoms with E-state index in [1.54, 1.807) is 0 Å². The van der Waals surface area contributed by atoms with Gasteiger partial charge in [-0.1, -0.05) is 37.1 Å². The monoisotopic (exact) mass is 262 g/mol. The van der Waals surface area contributed by atoms with E-state index >= 15 is 0 Å². The van der Waals surface area contributed by atoms with Crippen LogP contribution in [0.4, 0.5) is 0 Å². The van der Waals surface area contributed by atoms with Crippen LogP contribution < -0.4 is 0 Å². The van der Waals surface area contributed by atoms with Crippen molar-refractivity contribution in [3.05, 3.63) is 34.9 Å². The minimum Gasteiger partial charge on any atom is -0.466 e. The third-order valence-electron chi connectivity index (χ3n) is 3.00. The molecule has 0 unspecified atom stereocenters. The molecule has 1 rings (SSSR count). The molecular formula is C16H22O3. The van der Waals surface area contributed by atoms with Gasteiger partial charge in [0.2, 0.25) is 0 Å². The topological polar surface area (TPSA) is 43.4 Å². The van der Waals surface area contributed by atoms with Crippen LogP contribution in [0.5, 0.6) is 0 Å². The Morgan fingerprint density at radius 3 is 2.53 bits per heavy atom. The van der Waals surface area contributed by atoms with Gasteiger partial charge < -0.3 is 4.74 Å². The Balaban J connectivity index is 2.45. The van der Waals surface area contributed by atoms with E-state index in [4.69, 9.17) is 4.74 Å². The Kier molecular flexibility index (Phi) is 6.26. The maximum atomic E-state index is 12.0. The number of esters is 1. The van der Waals surface area contributed by atoms with Crippen LogP contribution in [0.15, 0.2) is 18.2 Å². The summed E-state index contributed by atoms with van der Waals surface area (Å²) in [5.74, 6) is -0.281. The van der Waals surface area contributed by atoms with Crippen LogP contribution in [0.25, 0.3) is 0 Å². The number of Topliss-reactive ketones (excluding diaryl/α,β-unsaturated/α-hetero) is 1. The highest BCUT2D eigenvalue weighted by Gasteiger charge is 2.12. The van der Waals surface area contributed by atoms with Crippen molar-refractivity contribution in [3.8, 4) is 0 Å². The highest BCUT2D eigenvalue weighted by atomic mass is 16.5. The molecule has 104 valence electrons. The molecule has 0 spiro atoms. The molecule has 0 amide bonds. The van der Waals surface area contributed by atoms with Gasteiger partial charge in [0.1, 0.15) is 0 Å². The van der Waals surface area contributed by atoms with E-state index in [0.29, 0.717) is 12.2 Å². The fourth-order valence-corrected chi connectivity index (χ4v) is 1.88. The molecular weight excluding hydrogens is 240 g/mol. The molecule has 0 aromatic heterocycles. The minimum atomic E-state index is -0.286. The van der Waals surface area contributed by atoms with E-state index in [2.05, 4.69) is 0 Å². The molecule has 0 aliphatic carbocycles. The second-order valence-corrected chi connectivity index (χ2v) is 4.82. The van der Waals surface area contributed by atoms with Crippen LogP contribution >= 0.6 is 0 Å². The first-order valence-corrected chi connectivity index (χ1v) is 6.80. The van der Waals surface area contributed by atoms with Crippen molar-refractivity contribution < 1.29 is 14.3 Å². The fourth-order valence-electron chi connectivity index (χ4n) is 1.88. The van der Waals surface area contributed by atoms with Gasteiger partial charge in [0, 0.05) is 12.0 Å². The van der Waals surface area contributed by atoms with E-state index < -0.39 is 0 Å². The second kappa shape index (κ2) is 7.72. The number of ketones is 1. The van der Waals surface area contributed by atoms with Crippen molar-refractivity contribution >= 4 is 11.8 Å². The normalized spacial score (nSPS) is 10.3. The zero-order chi connectivity index (χ0) is 14.3. The zero-order valence-corrected chi connectivity index (χ0v) is 12.0. The zero-order valence-electron chi connectivity index (χ0n) is 12.0. The van der Waals surface area contributed by atoms with Crippen molar-refractivity contribution in [1.82, 2.24) is 0 Å². The lowest BCUT2D eigenvalue weighted by Crippen LogP contribution is -2.09. The molecule has 0 heterocycles. The van der Waals surface area contributed by atoms with Crippen LogP contribution in [-0.2, 0) is 9.53 Å². The lowest BCUT2D eigenvalue weighted by atomic mass is 10.00. The van der Waals surface area contributed by atoms with Crippen molar-refractivity contribution in [3.63, 3.8) is 0 Å². The summed E-state index contributed by atoms with van der Waals surface area (Å²) in [7, 11) is 0.